The first-order chi connectivity index (χ1) is 17.0. The molecule has 1 N–H and O–H groups in total. The number of aliphatic hydroxyl groups is 1. The summed E-state index contributed by atoms with van der Waals surface area (Å²) in [7, 11) is 0. The summed E-state index contributed by atoms with van der Waals surface area (Å²) in [6, 6.07) is 0. The van der Waals surface area contributed by atoms with Crippen LogP contribution in [0.5, 0.6) is 0 Å². The lowest BCUT2D eigenvalue weighted by atomic mass is 9.40. The number of epoxide rings is 1. The summed E-state index contributed by atoms with van der Waals surface area (Å²) in [5, 5.41) is 9.96. The van der Waals surface area contributed by atoms with E-state index in [0.717, 1.165) is 12.8 Å². The van der Waals surface area contributed by atoms with Crippen molar-refractivity contribution < 1.29 is 43.1 Å². The predicted molar refractivity (Wildman–Crippen MR) is 124 cm³/mol. The third-order valence-corrected chi connectivity index (χ3v) is 10.5. The van der Waals surface area contributed by atoms with E-state index in [1.807, 2.05) is 0 Å². The molecule has 0 radical (unpaired) electrons. The lowest BCUT2D eigenvalue weighted by molar-refractivity contribution is -0.375. The predicted octanol–water partition coefficient (Wildman–Crippen LogP) is 2.83. The number of carbonyl (C=O) groups is 2. The molecule has 2 saturated carbocycles. The van der Waals surface area contributed by atoms with E-state index in [9.17, 15) is 14.7 Å². The molecule has 7 fully saturated rings. The van der Waals surface area contributed by atoms with Gasteiger partial charge in [-0.3, -0.25) is 4.79 Å². The quantitative estimate of drug-likeness (QED) is 0.349. The molecular weight excluding hydrogens is 468 g/mol. The molecule has 0 aromatic rings. The molecule has 0 unspecified atom stereocenters. The molecule has 7 aliphatic rings. The second-order valence-electron chi connectivity index (χ2n) is 12.1. The summed E-state index contributed by atoms with van der Waals surface area (Å²) in [6.45, 7) is 9.93. The highest BCUT2D eigenvalue weighted by Gasteiger charge is 2.83. The zero-order chi connectivity index (χ0) is 25.6. The molecule has 12 atom stereocenters. The van der Waals surface area contributed by atoms with E-state index in [-0.39, 0.29) is 41.3 Å². The maximum absolute atomic E-state index is 13.0. The Balaban J connectivity index is 1.44. The number of fused-ring (bicyclic) bond motifs is 2. The van der Waals surface area contributed by atoms with Gasteiger partial charge in [-0.25, -0.2) is 4.79 Å². The van der Waals surface area contributed by atoms with Crippen LogP contribution in [0.3, 0.4) is 0 Å². The fraction of sp³-hybridized carbons (Fsp3) is 0.852. The zero-order valence-electron chi connectivity index (χ0n) is 21.7. The zero-order valence-corrected chi connectivity index (χ0v) is 21.7. The minimum atomic E-state index is -0.893. The van der Waals surface area contributed by atoms with Gasteiger partial charge in [0.25, 0.3) is 0 Å². The van der Waals surface area contributed by atoms with Gasteiger partial charge in [0, 0.05) is 36.7 Å². The van der Waals surface area contributed by atoms with Crippen molar-refractivity contribution in [2.45, 2.75) is 110 Å². The minimum Gasteiger partial charge on any atom is -0.462 e. The lowest BCUT2D eigenvalue weighted by Gasteiger charge is -2.69. The second-order valence-corrected chi connectivity index (χ2v) is 12.1. The molecule has 5 saturated heterocycles. The summed E-state index contributed by atoms with van der Waals surface area (Å²) in [5.74, 6) is -0.544. The number of hydrogen-bond donors (Lipinski definition) is 1. The van der Waals surface area contributed by atoms with Crippen molar-refractivity contribution >= 4 is 11.9 Å². The van der Waals surface area contributed by atoms with E-state index in [1.54, 1.807) is 19.9 Å². The van der Waals surface area contributed by atoms with Crippen molar-refractivity contribution in [2.24, 2.45) is 28.6 Å². The third-order valence-electron chi connectivity index (χ3n) is 10.5. The van der Waals surface area contributed by atoms with Crippen molar-refractivity contribution in [3.8, 4) is 0 Å². The molecule has 2 aliphatic carbocycles. The van der Waals surface area contributed by atoms with E-state index >= 15 is 0 Å². The van der Waals surface area contributed by atoms with Crippen molar-refractivity contribution in [2.75, 3.05) is 6.61 Å². The molecule has 36 heavy (non-hydrogen) atoms. The summed E-state index contributed by atoms with van der Waals surface area (Å²) in [4.78, 5) is 25.4. The standard InChI is InChI=1S/C27H38O9/c1-6-13(2)22(30)36-24-27-18(10-17(33-24)11-26(27)12-31-26)25(5,14(3)7-20(27)32-15(4)28)19-8-16-9-21(29)35-23(16)34-19/h6,14,16-21,23-24,29H,7-12H2,1-5H3/b13-6+/t14-,16+,17-,18-,19+,20+,21-,23-,24-,25+,26+,27+/m1/s1. The van der Waals surface area contributed by atoms with Crippen LogP contribution < -0.4 is 0 Å². The van der Waals surface area contributed by atoms with Gasteiger partial charge in [0.15, 0.2) is 12.6 Å². The van der Waals surface area contributed by atoms with Crippen LogP contribution in [0.4, 0.5) is 0 Å². The largest absolute Gasteiger partial charge is 0.462 e. The fourth-order valence-corrected chi connectivity index (χ4v) is 8.44. The Labute approximate surface area is 211 Å². The van der Waals surface area contributed by atoms with Gasteiger partial charge in [-0.2, -0.15) is 0 Å². The average Bonchev–Trinajstić information content (AvgIpc) is 3.31. The van der Waals surface area contributed by atoms with Crippen LogP contribution in [-0.4, -0.2) is 66.4 Å². The van der Waals surface area contributed by atoms with Gasteiger partial charge < -0.3 is 33.5 Å². The Morgan fingerprint density at radius 2 is 1.81 bits per heavy atom. The van der Waals surface area contributed by atoms with Crippen LogP contribution >= 0.6 is 0 Å². The summed E-state index contributed by atoms with van der Waals surface area (Å²) >= 11 is 0. The highest BCUT2D eigenvalue weighted by molar-refractivity contribution is 5.87. The van der Waals surface area contributed by atoms with Crippen LogP contribution in [-0.2, 0) is 38.0 Å². The fourth-order valence-electron chi connectivity index (χ4n) is 8.44. The van der Waals surface area contributed by atoms with Gasteiger partial charge in [0.1, 0.15) is 17.1 Å². The number of ether oxygens (including phenoxy) is 6. The van der Waals surface area contributed by atoms with Crippen molar-refractivity contribution in [3.63, 3.8) is 0 Å². The van der Waals surface area contributed by atoms with Crippen LogP contribution in [0.1, 0.15) is 66.7 Å². The lowest BCUT2D eigenvalue weighted by Crippen LogP contribution is -2.77. The van der Waals surface area contributed by atoms with Gasteiger partial charge in [-0.05, 0) is 44.9 Å². The Morgan fingerprint density at radius 3 is 2.44 bits per heavy atom. The van der Waals surface area contributed by atoms with Crippen molar-refractivity contribution in [1.82, 2.24) is 0 Å². The molecular formula is C27H38O9. The monoisotopic (exact) mass is 506 g/mol. The van der Waals surface area contributed by atoms with Gasteiger partial charge in [0.2, 0.25) is 6.29 Å². The minimum absolute atomic E-state index is 0.0365. The number of allylic oxidation sites excluding steroid dienone is 1. The normalized spacial score (nSPS) is 53.2. The van der Waals surface area contributed by atoms with E-state index < -0.39 is 42.0 Å². The summed E-state index contributed by atoms with van der Waals surface area (Å²) in [5.41, 5.74) is -1.26. The Morgan fingerprint density at radius 1 is 1.06 bits per heavy atom. The third kappa shape index (κ3) is 3.25. The molecule has 0 aromatic heterocycles. The number of hydrogen-bond acceptors (Lipinski definition) is 9. The molecule has 7 rings (SSSR count). The van der Waals surface area contributed by atoms with Gasteiger partial charge in [-0.1, -0.05) is 19.9 Å². The van der Waals surface area contributed by atoms with E-state index in [2.05, 4.69) is 13.8 Å². The van der Waals surface area contributed by atoms with Crippen LogP contribution in [0, 0.1) is 28.6 Å². The topological polar surface area (TPSA) is 113 Å². The van der Waals surface area contributed by atoms with Crippen molar-refractivity contribution in [1.29, 1.82) is 0 Å². The Kier molecular flexibility index (Phi) is 5.67. The first-order valence-corrected chi connectivity index (χ1v) is 13.3. The molecule has 5 aliphatic heterocycles. The van der Waals surface area contributed by atoms with Gasteiger partial charge in [-0.15, -0.1) is 0 Å². The first kappa shape index (κ1) is 24.8. The molecule has 2 spiro atoms. The Hall–Kier alpha value is -1.52. The Bertz CT molecular complexity index is 960. The number of carbonyl (C=O) groups excluding carboxylic acids is 2. The number of aliphatic hydroxyl groups excluding tert-OH is 1. The second kappa shape index (κ2) is 8.24. The summed E-state index contributed by atoms with van der Waals surface area (Å²) < 4.78 is 37.0. The molecule has 0 amide bonds. The average molecular weight is 507 g/mol. The SMILES string of the molecule is C/C=C(\C)C(=O)O[C@H]1O[C@@H]2C[C@@H]3[C@@](C)([C@@H]4C[C@H]5C[C@H](O)O[C@H]5O4)[C@H](C)C[C@H](OC(C)=O)[C@]13[C@@]1(CO1)C2. The van der Waals surface area contributed by atoms with E-state index in [1.165, 1.54) is 6.92 Å². The maximum Gasteiger partial charge on any atom is 0.335 e. The smallest absolute Gasteiger partial charge is 0.335 e. The first-order valence-electron chi connectivity index (χ1n) is 13.3. The number of esters is 2. The summed E-state index contributed by atoms with van der Waals surface area (Å²) in [6.07, 6.45) is 2.25. The van der Waals surface area contributed by atoms with Crippen LogP contribution in [0.15, 0.2) is 11.6 Å². The van der Waals surface area contributed by atoms with E-state index in [0.29, 0.717) is 31.4 Å². The maximum atomic E-state index is 13.0. The van der Waals surface area contributed by atoms with Crippen LogP contribution in [0.25, 0.3) is 0 Å². The van der Waals surface area contributed by atoms with Gasteiger partial charge >= 0.3 is 11.9 Å². The highest BCUT2D eigenvalue weighted by Crippen LogP contribution is 2.74. The van der Waals surface area contributed by atoms with E-state index in [4.69, 9.17) is 28.4 Å². The number of rotatable bonds is 4. The van der Waals surface area contributed by atoms with Crippen LogP contribution in [0.2, 0.25) is 0 Å². The highest BCUT2D eigenvalue weighted by atomic mass is 16.7. The molecule has 200 valence electrons. The molecule has 9 heteroatoms. The molecule has 2 bridgehead atoms. The molecule has 0 aromatic carbocycles. The van der Waals surface area contributed by atoms with Crippen molar-refractivity contribution in [3.05, 3.63) is 11.6 Å². The van der Waals surface area contributed by atoms with Gasteiger partial charge in [0.05, 0.1) is 18.8 Å². The molecule has 9 nitrogen and oxygen atoms in total. The molecule has 5 heterocycles.